The molecule has 8 aromatic rings. The molecule has 0 aliphatic rings. The maximum atomic E-state index is 14.5. The minimum atomic E-state index is -6.26. The quantitative estimate of drug-likeness (QED) is 0.0462. The van der Waals surface area contributed by atoms with Crippen molar-refractivity contribution < 1.29 is 74.5 Å². The first-order valence-corrected chi connectivity index (χ1v) is 38.6. The van der Waals surface area contributed by atoms with Crippen LogP contribution in [0.1, 0.15) is 66.8 Å². The van der Waals surface area contributed by atoms with Gasteiger partial charge in [-0.15, -0.1) is 0 Å². The zero-order valence-electron chi connectivity index (χ0n) is 49.7. The van der Waals surface area contributed by atoms with Crippen LogP contribution in [0.15, 0.2) is 195 Å². The van der Waals surface area contributed by atoms with Gasteiger partial charge < -0.3 is 0 Å². The van der Waals surface area contributed by atoms with E-state index in [1.165, 1.54) is 72.8 Å². The monoisotopic (exact) mass is 1480 g/mol. The van der Waals surface area contributed by atoms with Gasteiger partial charge in [0.25, 0.3) is 0 Å². The van der Waals surface area contributed by atoms with Crippen LogP contribution >= 0.6 is 64.4 Å². The standard InChI is InChI=1S/C63H60F9IO9S7/c1-37-29-41(5)57(42(6)30-37)85(81-88(76,77)62(67,68)69,58-43(7)31-38(2)32-44(58)8)55-25-21-53(22-26-55)83-51-17-13-49(14-18-51)73(80-87(74,75)61(64,65)66)50-15-19-52(20-16-50)84-54-23-27-56(28-24-54)86(82-89(78,79)63(70,71)72,59-45(9)33-39(3)34-46(59)10)60-47(11)35-40(4)36-48(60)12/h13-36H,1-12H3. The molecule has 0 aromatic heterocycles. The average Bonchev–Trinajstić information content (AvgIpc) is 0.736. The van der Waals surface area contributed by atoms with E-state index in [9.17, 15) is 64.8 Å². The molecule has 89 heavy (non-hydrogen) atoms. The van der Waals surface area contributed by atoms with Crippen LogP contribution in [0, 0.1) is 90.2 Å². The third-order valence-corrected chi connectivity index (χ3v) is 33.8. The number of hydrogen-bond acceptors (Lipinski definition) is 11. The summed E-state index contributed by atoms with van der Waals surface area (Å²) < 4.78 is 225. The topological polar surface area (TPSA) is 130 Å². The van der Waals surface area contributed by atoms with Gasteiger partial charge >= 0.3 is 340 Å². The van der Waals surface area contributed by atoms with E-state index in [0.717, 1.165) is 45.8 Å². The van der Waals surface area contributed by atoms with Crippen LogP contribution in [0.25, 0.3) is 0 Å². The molecule has 0 aliphatic carbocycles. The van der Waals surface area contributed by atoms with Crippen molar-refractivity contribution in [2.24, 2.45) is 0 Å². The van der Waals surface area contributed by atoms with Gasteiger partial charge in [-0.1, -0.05) is 70.8 Å². The molecule has 0 N–H and O–H groups in total. The Morgan fingerprint density at radius 3 is 0.719 bits per heavy atom. The third kappa shape index (κ3) is 14.3. The molecule has 0 atom stereocenters. The Hall–Kier alpha value is -5.01. The van der Waals surface area contributed by atoms with E-state index in [1.807, 2.05) is 0 Å². The molecule has 0 spiro atoms. The summed E-state index contributed by atoms with van der Waals surface area (Å²) in [5.74, 6) is 0. The van der Waals surface area contributed by atoms with E-state index in [-0.39, 0.29) is 36.5 Å². The summed E-state index contributed by atoms with van der Waals surface area (Å²) in [5.41, 5.74) is -10.2. The van der Waals surface area contributed by atoms with Crippen LogP contribution in [0.3, 0.4) is 0 Å². The Balaban J connectivity index is 1.13. The Labute approximate surface area is 532 Å². The molecule has 0 saturated carbocycles. The van der Waals surface area contributed by atoms with Gasteiger partial charge in [0.05, 0.1) is 0 Å². The molecular formula is C63H60F9IO9S7. The molecule has 9 nitrogen and oxygen atoms in total. The van der Waals surface area contributed by atoms with E-state index in [0.29, 0.717) is 64.1 Å². The predicted octanol–water partition coefficient (Wildman–Crippen LogP) is 20.1. The number of benzene rings is 8. The second kappa shape index (κ2) is 25.8. The van der Waals surface area contributed by atoms with Crippen molar-refractivity contribution in [2.75, 3.05) is 0 Å². The number of rotatable bonds is 18. The van der Waals surface area contributed by atoms with Crippen LogP contribution in [-0.4, -0.2) is 41.8 Å². The van der Waals surface area contributed by atoms with E-state index in [4.69, 9.17) is 9.77 Å². The van der Waals surface area contributed by atoms with E-state index in [1.54, 1.807) is 156 Å². The van der Waals surface area contributed by atoms with Crippen molar-refractivity contribution in [3.8, 4) is 0 Å². The molecule has 8 rings (SSSR count). The second-order valence-corrected chi connectivity index (χ2v) is 38.6. The molecule has 0 saturated heterocycles. The summed E-state index contributed by atoms with van der Waals surface area (Å²) >= 11 is -1.73. The van der Waals surface area contributed by atoms with Crippen molar-refractivity contribution in [3.05, 3.63) is 219 Å². The Morgan fingerprint density at radius 2 is 0.517 bits per heavy atom. The average molecular weight is 1480 g/mol. The van der Waals surface area contributed by atoms with Crippen molar-refractivity contribution in [2.45, 2.75) is 149 Å². The first-order valence-electron chi connectivity index (χ1n) is 26.6. The van der Waals surface area contributed by atoms with E-state index in [2.05, 4.69) is 0 Å². The van der Waals surface area contributed by atoms with Crippen LogP contribution < -0.4 is 0 Å². The SMILES string of the molecule is Cc1cc(C)c(S(OS(=O)(=O)C(F)(F)F)(c2ccc(Sc3ccc(I(OS(=O)(=O)C(F)(F)F)c4ccc(Sc5ccc(S(OS(=O)(=O)C(F)(F)F)(c6c(C)cc(C)cc6C)c6c(C)cc(C)cc6C)cc5)cc4)cc3)cc2)c2c(C)cc(C)cc2C)c(C)c1. The van der Waals surface area contributed by atoms with Crippen LogP contribution in [-0.2, 0) is 40.1 Å². The van der Waals surface area contributed by atoms with Gasteiger partial charge in [-0.3, -0.25) is 0 Å². The van der Waals surface area contributed by atoms with Gasteiger partial charge in [-0.05, 0) is 83.1 Å². The van der Waals surface area contributed by atoms with Crippen molar-refractivity contribution in [1.29, 1.82) is 0 Å². The predicted molar refractivity (Wildman–Crippen MR) is 341 cm³/mol. The summed E-state index contributed by atoms with van der Waals surface area (Å²) in [6.07, 6.45) is 0. The van der Waals surface area contributed by atoms with Crippen molar-refractivity contribution in [1.82, 2.24) is 0 Å². The molecule has 0 fully saturated rings. The van der Waals surface area contributed by atoms with Gasteiger partial charge in [-0.2, -0.15) is 43.2 Å². The van der Waals surface area contributed by atoms with Crippen LogP contribution in [0.5, 0.6) is 0 Å². The maximum absolute atomic E-state index is 14.5. The fourth-order valence-electron chi connectivity index (χ4n) is 10.9. The van der Waals surface area contributed by atoms with Crippen LogP contribution in [0.2, 0.25) is 0 Å². The molecular weight excluding hydrogens is 1420 g/mol. The molecule has 0 radical (unpaired) electrons. The summed E-state index contributed by atoms with van der Waals surface area (Å²) in [6, 6.07) is 38.2. The summed E-state index contributed by atoms with van der Waals surface area (Å²) in [6.45, 7) is 20.7. The summed E-state index contributed by atoms with van der Waals surface area (Å²) in [7, 11) is -26.2. The smallest absolute Gasteiger partial charge is 0.0552 e. The Kier molecular flexibility index (Phi) is 20.3. The van der Waals surface area contributed by atoms with Gasteiger partial charge in [0.15, 0.2) is 0 Å². The summed E-state index contributed by atoms with van der Waals surface area (Å²) in [4.78, 5) is 3.37. The minimum Gasteiger partial charge on any atom is -0.0552 e. The number of hydrogen-bond donors (Lipinski definition) is 0. The van der Waals surface area contributed by atoms with E-state index >= 15 is 0 Å². The molecule has 478 valence electrons. The van der Waals surface area contributed by atoms with Crippen molar-refractivity contribution in [3.63, 3.8) is 0 Å². The normalized spacial score (nSPS) is 13.6. The molecule has 0 unspecified atom stereocenters. The summed E-state index contributed by atoms with van der Waals surface area (Å²) in [5, 5.41) is 0. The number of alkyl halides is 9. The molecule has 0 amide bonds. The zero-order chi connectivity index (χ0) is 65.9. The van der Waals surface area contributed by atoms with Gasteiger partial charge in [0, 0.05) is 0 Å². The molecule has 0 aliphatic heterocycles. The second-order valence-electron chi connectivity index (χ2n) is 21.2. The number of halogens is 10. The fourth-order valence-corrected chi connectivity index (χ4v) is 29.9. The molecule has 8 aromatic carbocycles. The van der Waals surface area contributed by atoms with Crippen LogP contribution in [0.4, 0.5) is 39.5 Å². The molecule has 0 bridgehead atoms. The Bertz CT molecular complexity index is 3910. The minimum absolute atomic E-state index is 0.137. The van der Waals surface area contributed by atoms with Gasteiger partial charge in [0.1, 0.15) is 0 Å². The first kappa shape index (κ1) is 69.9. The number of aryl methyl sites for hydroxylation is 12. The molecule has 26 heteroatoms. The van der Waals surface area contributed by atoms with Crippen molar-refractivity contribution >= 4 is 94.7 Å². The third-order valence-electron chi connectivity index (χ3n) is 13.8. The van der Waals surface area contributed by atoms with E-state index < -0.39 is 87.7 Å². The van der Waals surface area contributed by atoms with Gasteiger partial charge in [0.2, 0.25) is 0 Å². The fraction of sp³-hybridized carbons (Fsp3) is 0.238. The zero-order valence-corrected chi connectivity index (χ0v) is 57.5. The van der Waals surface area contributed by atoms with Gasteiger partial charge in [-0.25, -0.2) is 0 Å². The first-order chi connectivity index (χ1) is 41.1. The Morgan fingerprint density at radius 1 is 0.315 bits per heavy atom. The molecule has 0 heterocycles.